The second-order valence-corrected chi connectivity index (χ2v) is 4.56. The van der Waals surface area contributed by atoms with E-state index in [1.54, 1.807) is 0 Å². The van der Waals surface area contributed by atoms with Gasteiger partial charge in [0.05, 0.1) is 0 Å². The molecule has 1 fully saturated rings. The van der Waals surface area contributed by atoms with Crippen LogP contribution >= 0.6 is 11.3 Å². The van der Waals surface area contributed by atoms with Crippen LogP contribution in [0.1, 0.15) is 17.8 Å². The Hall–Kier alpha value is -0.890. The summed E-state index contributed by atoms with van der Waals surface area (Å²) in [7, 11) is 0. The van der Waals surface area contributed by atoms with Gasteiger partial charge in [0, 0.05) is 12.6 Å². The lowest BCUT2D eigenvalue weighted by Crippen LogP contribution is -2.29. The third-order valence-corrected chi connectivity index (χ3v) is 3.26. The third kappa shape index (κ3) is 2.82. The summed E-state index contributed by atoms with van der Waals surface area (Å²) in [4.78, 5) is 0. The maximum atomic E-state index is 12.2. The van der Waals surface area contributed by atoms with Gasteiger partial charge in [-0.05, 0) is 19.4 Å². The summed E-state index contributed by atoms with van der Waals surface area (Å²) in [6.07, 6.45) is -2.25. The molecule has 4 nitrogen and oxygen atoms in total. The monoisotopic (exact) mass is 252 g/mol. The highest BCUT2D eigenvalue weighted by Gasteiger charge is 2.35. The van der Waals surface area contributed by atoms with Gasteiger partial charge in [-0.25, -0.2) is 0 Å². The minimum atomic E-state index is -4.40. The molecule has 2 rings (SSSR count). The summed E-state index contributed by atoms with van der Waals surface area (Å²) in [5.41, 5.74) is 0. The molecular weight excluding hydrogens is 241 g/mol. The number of nitrogens with zero attached hydrogens (tertiary/aromatic N) is 2. The predicted octanol–water partition coefficient (Wildman–Crippen LogP) is 1.72. The van der Waals surface area contributed by atoms with E-state index in [1.165, 1.54) is 0 Å². The zero-order valence-corrected chi connectivity index (χ0v) is 9.16. The van der Waals surface area contributed by atoms with E-state index in [-0.39, 0.29) is 5.13 Å². The molecule has 1 saturated heterocycles. The SMILES string of the molecule is FC(F)(F)c1nnc(NCC2CCCN2)s1. The molecule has 0 amide bonds. The van der Waals surface area contributed by atoms with Crippen molar-refractivity contribution in [2.45, 2.75) is 25.1 Å². The van der Waals surface area contributed by atoms with Crippen LogP contribution in [-0.2, 0) is 6.18 Å². The zero-order chi connectivity index (χ0) is 11.6. The van der Waals surface area contributed by atoms with E-state index in [2.05, 4.69) is 20.8 Å². The number of alkyl halides is 3. The molecule has 1 unspecified atom stereocenters. The fourth-order valence-electron chi connectivity index (χ4n) is 1.55. The van der Waals surface area contributed by atoms with Gasteiger partial charge in [-0.3, -0.25) is 0 Å². The smallest absolute Gasteiger partial charge is 0.359 e. The van der Waals surface area contributed by atoms with Crippen molar-refractivity contribution in [2.24, 2.45) is 0 Å². The van der Waals surface area contributed by atoms with Crippen molar-refractivity contribution in [1.82, 2.24) is 15.5 Å². The molecule has 2 heterocycles. The average molecular weight is 252 g/mol. The highest BCUT2D eigenvalue weighted by Crippen LogP contribution is 2.32. The first kappa shape index (κ1) is 11.6. The van der Waals surface area contributed by atoms with Gasteiger partial charge in [0.15, 0.2) is 0 Å². The first-order valence-electron chi connectivity index (χ1n) is 4.93. The lowest BCUT2D eigenvalue weighted by atomic mass is 10.2. The van der Waals surface area contributed by atoms with Crippen LogP contribution in [0.2, 0.25) is 0 Å². The summed E-state index contributed by atoms with van der Waals surface area (Å²) in [6, 6.07) is 0.318. The fourth-order valence-corrected chi connectivity index (χ4v) is 2.17. The van der Waals surface area contributed by atoms with Crippen LogP contribution in [0.4, 0.5) is 18.3 Å². The van der Waals surface area contributed by atoms with Gasteiger partial charge >= 0.3 is 6.18 Å². The first-order chi connectivity index (χ1) is 7.55. The van der Waals surface area contributed by atoms with Crippen LogP contribution in [0.5, 0.6) is 0 Å². The molecule has 1 aliphatic heterocycles. The van der Waals surface area contributed by atoms with E-state index in [4.69, 9.17) is 0 Å². The van der Waals surface area contributed by atoms with Gasteiger partial charge in [-0.1, -0.05) is 11.3 Å². The van der Waals surface area contributed by atoms with Crippen molar-refractivity contribution in [3.8, 4) is 0 Å². The Balaban J connectivity index is 1.87. The number of aromatic nitrogens is 2. The van der Waals surface area contributed by atoms with Gasteiger partial charge in [0.25, 0.3) is 0 Å². The molecule has 1 atom stereocenters. The zero-order valence-electron chi connectivity index (χ0n) is 8.34. The number of nitrogens with one attached hydrogen (secondary N) is 2. The van der Waals surface area contributed by atoms with E-state index in [9.17, 15) is 13.2 Å². The third-order valence-electron chi connectivity index (χ3n) is 2.33. The number of rotatable bonds is 3. The van der Waals surface area contributed by atoms with Crippen molar-refractivity contribution in [3.63, 3.8) is 0 Å². The molecule has 1 aromatic rings. The molecule has 0 spiro atoms. The van der Waals surface area contributed by atoms with Crippen molar-refractivity contribution >= 4 is 16.5 Å². The van der Waals surface area contributed by atoms with Crippen molar-refractivity contribution in [3.05, 3.63) is 5.01 Å². The van der Waals surface area contributed by atoms with Crippen LogP contribution in [0, 0.1) is 0 Å². The van der Waals surface area contributed by atoms with Gasteiger partial charge < -0.3 is 10.6 Å². The highest BCUT2D eigenvalue weighted by molar-refractivity contribution is 7.15. The number of hydrogen-bond donors (Lipinski definition) is 2. The summed E-state index contributed by atoms with van der Waals surface area (Å²) in [5.74, 6) is 0. The summed E-state index contributed by atoms with van der Waals surface area (Å²) >= 11 is 0.537. The van der Waals surface area contributed by atoms with Gasteiger partial charge in [-0.15, -0.1) is 10.2 Å². The van der Waals surface area contributed by atoms with Gasteiger partial charge in [-0.2, -0.15) is 13.2 Å². The molecule has 0 saturated carbocycles. The Morgan fingerprint density at radius 3 is 2.81 bits per heavy atom. The van der Waals surface area contributed by atoms with E-state index in [0.717, 1.165) is 19.4 Å². The fraction of sp³-hybridized carbons (Fsp3) is 0.750. The average Bonchev–Trinajstić information content (AvgIpc) is 2.85. The van der Waals surface area contributed by atoms with Gasteiger partial charge in [0.1, 0.15) is 0 Å². The molecular formula is C8H11F3N4S. The Morgan fingerprint density at radius 1 is 1.44 bits per heavy atom. The summed E-state index contributed by atoms with van der Waals surface area (Å²) < 4.78 is 36.6. The minimum absolute atomic E-state index is 0.223. The van der Waals surface area contributed by atoms with Crippen LogP contribution in [0.3, 0.4) is 0 Å². The van der Waals surface area contributed by atoms with Crippen LogP contribution in [0.25, 0.3) is 0 Å². The second-order valence-electron chi connectivity index (χ2n) is 3.58. The molecule has 0 radical (unpaired) electrons. The molecule has 8 heteroatoms. The quantitative estimate of drug-likeness (QED) is 0.860. The summed E-state index contributed by atoms with van der Waals surface area (Å²) in [6.45, 7) is 1.56. The van der Waals surface area contributed by atoms with E-state index >= 15 is 0 Å². The number of hydrogen-bond acceptors (Lipinski definition) is 5. The second kappa shape index (κ2) is 4.54. The molecule has 0 aromatic carbocycles. The van der Waals surface area contributed by atoms with E-state index < -0.39 is 11.2 Å². The Morgan fingerprint density at radius 2 is 2.25 bits per heavy atom. The molecule has 1 aliphatic rings. The van der Waals surface area contributed by atoms with E-state index in [1.807, 2.05) is 0 Å². The topological polar surface area (TPSA) is 49.8 Å². The minimum Gasteiger partial charge on any atom is -0.359 e. The normalized spacial score (nSPS) is 21.3. The predicted molar refractivity (Wildman–Crippen MR) is 54.4 cm³/mol. The van der Waals surface area contributed by atoms with Crippen molar-refractivity contribution < 1.29 is 13.2 Å². The molecule has 16 heavy (non-hydrogen) atoms. The Kier molecular flexibility index (Phi) is 3.29. The van der Waals surface area contributed by atoms with Crippen LogP contribution < -0.4 is 10.6 Å². The highest BCUT2D eigenvalue weighted by atomic mass is 32.1. The maximum Gasteiger partial charge on any atom is 0.445 e. The van der Waals surface area contributed by atoms with Crippen LogP contribution in [0.15, 0.2) is 0 Å². The lowest BCUT2D eigenvalue weighted by molar-refractivity contribution is -0.138. The number of anilines is 1. The first-order valence-corrected chi connectivity index (χ1v) is 5.75. The van der Waals surface area contributed by atoms with Gasteiger partial charge in [0.2, 0.25) is 10.1 Å². The molecule has 1 aromatic heterocycles. The molecule has 2 N–H and O–H groups in total. The molecule has 0 bridgehead atoms. The van der Waals surface area contributed by atoms with Crippen molar-refractivity contribution in [2.75, 3.05) is 18.4 Å². The van der Waals surface area contributed by atoms with E-state index in [0.29, 0.717) is 23.9 Å². The largest absolute Gasteiger partial charge is 0.445 e. The number of halogens is 3. The standard InChI is InChI=1S/C8H11F3N4S/c9-8(10,11)6-14-15-7(16-6)13-4-5-2-1-3-12-5/h5,12H,1-4H2,(H,13,15). The Bertz CT molecular complexity index is 345. The van der Waals surface area contributed by atoms with Crippen LogP contribution in [-0.4, -0.2) is 29.3 Å². The van der Waals surface area contributed by atoms with Crippen molar-refractivity contribution in [1.29, 1.82) is 0 Å². The Labute approximate surface area is 94.3 Å². The lowest BCUT2D eigenvalue weighted by Gasteiger charge is -2.09. The maximum absolute atomic E-state index is 12.2. The summed E-state index contributed by atoms with van der Waals surface area (Å²) in [5, 5.41) is 12.0. The molecule has 0 aliphatic carbocycles. The molecule has 90 valence electrons.